The molecule has 160 valence electrons. The van der Waals surface area contributed by atoms with E-state index in [1.165, 1.54) is 24.9 Å². The topological polar surface area (TPSA) is 69.7 Å². The van der Waals surface area contributed by atoms with Crippen LogP contribution in [-0.2, 0) is 27.8 Å². The zero-order chi connectivity index (χ0) is 21.1. The van der Waals surface area contributed by atoms with Crippen LogP contribution in [0.2, 0.25) is 0 Å². The van der Waals surface area contributed by atoms with Gasteiger partial charge in [-0.25, -0.2) is 13.1 Å². The molecule has 2 aliphatic heterocycles. The van der Waals surface area contributed by atoms with E-state index in [4.69, 9.17) is 0 Å². The summed E-state index contributed by atoms with van der Waals surface area (Å²) in [6, 6.07) is 13.2. The van der Waals surface area contributed by atoms with Crippen molar-refractivity contribution in [2.45, 2.75) is 50.5 Å². The number of carbonyl (C=O) groups excluding carboxylic acids is 1. The van der Waals surface area contributed by atoms with Gasteiger partial charge in [0.25, 0.3) is 0 Å². The lowest BCUT2D eigenvalue weighted by atomic mass is 10.1. The summed E-state index contributed by atoms with van der Waals surface area (Å²) in [7, 11) is -3.62. The van der Waals surface area contributed by atoms with Gasteiger partial charge in [-0.1, -0.05) is 19.1 Å². The minimum absolute atomic E-state index is 0.0653. The molecule has 0 aromatic heterocycles. The van der Waals surface area contributed by atoms with Gasteiger partial charge in [0.15, 0.2) is 0 Å². The van der Waals surface area contributed by atoms with Crippen LogP contribution in [-0.4, -0.2) is 34.0 Å². The van der Waals surface area contributed by atoms with Gasteiger partial charge in [0.2, 0.25) is 15.9 Å². The molecule has 4 rings (SSSR count). The number of nitrogens with zero attached hydrogens (tertiary/aromatic N) is 2. The van der Waals surface area contributed by atoms with Crippen molar-refractivity contribution in [3.63, 3.8) is 0 Å². The normalized spacial score (nSPS) is 16.6. The molecular weight excluding hydrogens is 398 g/mol. The Balaban J connectivity index is 1.42. The van der Waals surface area contributed by atoms with E-state index in [2.05, 4.69) is 21.8 Å². The van der Waals surface area contributed by atoms with E-state index < -0.39 is 10.0 Å². The molecule has 6 nitrogen and oxygen atoms in total. The highest BCUT2D eigenvalue weighted by Gasteiger charge is 2.25. The summed E-state index contributed by atoms with van der Waals surface area (Å²) in [6.07, 6.45) is 4.88. The van der Waals surface area contributed by atoms with Crippen LogP contribution in [0.25, 0.3) is 0 Å². The first-order valence-electron chi connectivity index (χ1n) is 10.7. The summed E-state index contributed by atoms with van der Waals surface area (Å²) in [4.78, 5) is 16.4. The average Bonchev–Trinajstić information content (AvgIpc) is 3.21. The molecule has 0 spiro atoms. The van der Waals surface area contributed by atoms with Crippen molar-refractivity contribution in [2.24, 2.45) is 0 Å². The number of hydrogen-bond donors (Lipinski definition) is 1. The number of rotatable bonds is 6. The minimum Gasteiger partial charge on any atom is -0.372 e. The molecule has 2 aliphatic rings. The van der Waals surface area contributed by atoms with Gasteiger partial charge in [0.1, 0.15) is 0 Å². The Morgan fingerprint density at radius 3 is 2.43 bits per heavy atom. The highest BCUT2D eigenvalue weighted by Crippen LogP contribution is 2.30. The maximum atomic E-state index is 12.8. The SMILES string of the molecule is CCC(=O)N1CCc2cc(S(=O)(=O)NCc3ccc(N4CCCCC4)cc3)ccc21. The Kier molecular flexibility index (Phi) is 6.11. The molecule has 2 aromatic carbocycles. The van der Waals surface area contributed by atoms with Gasteiger partial charge in [-0.3, -0.25) is 4.79 Å². The monoisotopic (exact) mass is 427 g/mol. The highest BCUT2D eigenvalue weighted by atomic mass is 32.2. The zero-order valence-corrected chi connectivity index (χ0v) is 18.2. The van der Waals surface area contributed by atoms with Crippen LogP contribution in [0.3, 0.4) is 0 Å². The number of benzene rings is 2. The van der Waals surface area contributed by atoms with Crippen molar-refractivity contribution in [1.29, 1.82) is 0 Å². The summed E-state index contributed by atoms with van der Waals surface area (Å²) >= 11 is 0. The number of carbonyl (C=O) groups is 1. The van der Waals surface area contributed by atoms with Gasteiger partial charge in [-0.15, -0.1) is 0 Å². The number of amides is 1. The first kappa shape index (κ1) is 20.9. The average molecular weight is 428 g/mol. The summed E-state index contributed by atoms with van der Waals surface area (Å²) in [5, 5.41) is 0. The summed E-state index contributed by atoms with van der Waals surface area (Å²) in [5.41, 5.74) is 3.87. The van der Waals surface area contributed by atoms with Crippen LogP contribution in [0, 0.1) is 0 Å². The maximum Gasteiger partial charge on any atom is 0.240 e. The van der Waals surface area contributed by atoms with Crippen LogP contribution in [0.4, 0.5) is 11.4 Å². The van der Waals surface area contributed by atoms with E-state index >= 15 is 0 Å². The van der Waals surface area contributed by atoms with Gasteiger partial charge < -0.3 is 9.80 Å². The number of nitrogens with one attached hydrogen (secondary N) is 1. The van der Waals surface area contributed by atoms with Gasteiger partial charge in [-0.2, -0.15) is 0 Å². The van der Waals surface area contributed by atoms with Crippen molar-refractivity contribution < 1.29 is 13.2 Å². The molecule has 0 aliphatic carbocycles. The molecule has 1 N–H and O–H groups in total. The zero-order valence-electron chi connectivity index (χ0n) is 17.4. The molecule has 0 atom stereocenters. The molecule has 2 heterocycles. The second-order valence-electron chi connectivity index (χ2n) is 7.98. The van der Waals surface area contributed by atoms with E-state index in [1.807, 2.05) is 19.1 Å². The standard InChI is InChI=1S/C23H29N3O3S/c1-2-23(27)26-15-12-19-16-21(10-11-22(19)26)30(28,29)24-17-18-6-8-20(9-7-18)25-13-4-3-5-14-25/h6-11,16,24H,2-5,12-15,17H2,1H3. The Morgan fingerprint density at radius 2 is 1.73 bits per heavy atom. The fourth-order valence-electron chi connectivity index (χ4n) is 4.23. The minimum atomic E-state index is -3.62. The second kappa shape index (κ2) is 8.78. The van der Waals surface area contributed by atoms with Crippen LogP contribution in [0.15, 0.2) is 47.4 Å². The van der Waals surface area contributed by atoms with Gasteiger partial charge in [-0.05, 0) is 67.1 Å². The number of hydrogen-bond acceptors (Lipinski definition) is 4. The molecule has 0 radical (unpaired) electrons. The predicted molar refractivity (Wildman–Crippen MR) is 119 cm³/mol. The summed E-state index contributed by atoms with van der Waals surface area (Å²) in [5.74, 6) is 0.0653. The fraction of sp³-hybridized carbons (Fsp3) is 0.435. The first-order valence-corrected chi connectivity index (χ1v) is 12.2. The van der Waals surface area contributed by atoms with Crippen LogP contribution in [0.5, 0.6) is 0 Å². The molecule has 2 aromatic rings. The Bertz CT molecular complexity index is 1010. The van der Waals surface area contributed by atoms with Crippen molar-refractivity contribution in [1.82, 2.24) is 4.72 Å². The predicted octanol–water partition coefficient (Wildman–Crippen LogP) is 3.45. The fourth-order valence-corrected chi connectivity index (χ4v) is 5.30. The van der Waals surface area contributed by atoms with Gasteiger partial charge in [0.05, 0.1) is 4.90 Å². The molecule has 0 unspecified atom stereocenters. The highest BCUT2D eigenvalue weighted by molar-refractivity contribution is 7.89. The van der Waals surface area contributed by atoms with Crippen LogP contribution >= 0.6 is 0 Å². The van der Waals surface area contributed by atoms with Crippen LogP contribution in [0.1, 0.15) is 43.7 Å². The van der Waals surface area contributed by atoms with E-state index in [0.717, 1.165) is 29.9 Å². The lowest BCUT2D eigenvalue weighted by Gasteiger charge is -2.28. The van der Waals surface area contributed by atoms with E-state index in [0.29, 0.717) is 19.4 Å². The van der Waals surface area contributed by atoms with Crippen molar-refractivity contribution >= 4 is 27.3 Å². The Hall–Kier alpha value is -2.38. The molecule has 0 bridgehead atoms. The number of sulfonamides is 1. The van der Waals surface area contributed by atoms with E-state index in [-0.39, 0.29) is 17.3 Å². The van der Waals surface area contributed by atoms with Crippen molar-refractivity contribution in [3.05, 3.63) is 53.6 Å². The third kappa shape index (κ3) is 4.37. The molecular formula is C23H29N3O3S. The van der Waals surface area contributed by atoms with E-state index in [9.17, 15) is 13.2 Å². The molecule has 1 fully saturated rings. The number of piperidine rings is 1. The smallest absolute Gasteiger partial charge is 0.240 e. The van der Waals surface area contributed by atoms with Gasteiger partial charge in [0, 0.05) is 44.0 Å². The van der Waals surface area contributed by atoms with Crippen LogP contribution < -0.4 is 14.5 Å². The molecule has 1 saturated heterocycles. The maximum absolute atomic E-state index is 12.8. The third-order valence-corrected chi connectivity index (χ3v) is 7.38. The lowest BCUT2D eigenvalue weighted by molar-refractivity contribution is -0.118. The number of fused-ring (bicyclic) bond motifs is 1. The van der Waals surface area contributed by atoms with Gasteiger partial charge >= 0.3 is 0 Å². The quantitative estimate of drug-likeness (QED) is 0.767. The molecule has 30 heavy (non-hydrogen) atoms. The first-order chi connectivity index (χ1) is 14.5. The van der Waals surface area contributed by atoms with Crippen molar-refractivity contribution in [3.8, 4) is 0 Å². The molecule has 1 amide bonds. The summed E-state index contributed by atoms with van der Waals surface area (Å²) < 4.78 is 28.3. The van der Waals surface area contributed by atoms with E-state index in [1.54, 1.807) is 23.1 Å². The second-order valence-corrected chi connectivity index (χ2v) is 9.75. The largest absolute Gasteiger partial charge is 0.372 e. The molecule has 7 heteroatoms. The third-order valence-electron chi connectivity index (χ3n) is 5.98. The Morgan fingerprint density at radius 1 is 1.00 bits per heavy atom. The lowest BCUT2D eigenvalue weighted by Crippen LogP contribution is -2.29. The molecule has 0 saturated carbocycles. The van der Waals surface area contributed by atoms with Crippen molar-refractivity contribution in [2.75, 3.05) is 29.4 Å². The Labute approximate surface area is 178 Å². The summed E-state index contributed by atoms with van der Waals surface area (Å²) in [6.45, 7) is 4.88. The number of anilines is 2.